The quantitative estimate of drug-likeness (QED) is 0.777. The van der Waals surface area contributed by atoms with Gasteiger partial charge in [-0.25, -0.2) is 0 Å². The van der Waals surface area contributed by atoms with Crippen molar-refractivity contribution in [1.82, 2.24) is 0 Å². The van der Waals surface area contributed by atoms with Crippen molar-refractivity contribution in [2.75, 3.05) is 0 Å². The van der Waals surface area contributed by atoms with Crippen LogP contribution in [0.3, 0.4) is 0 Å². The topological polar surface area (TPSA) is 17.1 Å². The van der Waals surface area contributed by atoms with Crippen LogP contribution in [0.1, 0.15) is 32.6 Å². The van der Waals surface area contributed by atoms with Gasteiger partial charge in [-0.2, -0.15) is 0 Å². The van der Waals surface area contributed by atoms with Gasteiger partial charge in [0.05, 0.1) is 0 Å². The molecule has 0 saturated heterocycles. The molecule has 0 unspecified atom stereocenters. The van der Waals surface area contributed by atoms with Crippen molar-refractivity contribution in [1.29, 1.82) is 0 Å². The Hall–Kier alpha value is -1.02. The summed E-state index contributed by atoms with van der Waals surface area (Å²) in [5.74, 6) is 0.248. The van der Waals surface area contributed by atoms with Crippen molar-refractivity contribution < 1.29 is 4.79 Å². The molecule has 0 bridgehead atoms. The molecule has 1 nitrogen and oxygen atoms in total. The Labute approximate surface area is 101 Å². The first-order valence-corrected chi connectivity index (χ1v) is 6.55. The number of allylic oxidation sites excluding steroid dienone is 2. The smallest absolute Gasteiger partial charge is 0.156 e. The molecular formula is C14H16OS. The van der Waals surface area contributed by atoms with Gasteiger partial charge in [-0.15, -0.1) is 0 Å². The molecule has 0 heterocycles. The first kappa shape index (κ1) is 11.5. The summed E-state index contributed by atoms with van der Waals surface area (Å²) in [4.78, 5) is 14.0. The second-order valence-corrected chi connectivity index (χ2v) is 5.25. The number of hydrogen-bond acceptors (Lipinski definition) is 2. The number of thioether (sulfide) groups is 1. The Bertz CT molecular complexity index is 406. The molecule has 2 heteroatoms. The first-order valence-electron chi connectivity index (χ1n) is 5.73. The van der Waals surface area contributed by atoms with Crippen LogP contribution in [0.5, 0.6) is 0 Å². The van der Waals surface area contributed by atoms with Crippen LogP contribution in [-0.4, -0.2) is 5.78 Å². The van der Waals surface area contributed by atoms with Gasteiger partial charge in [0, 0.05) is 10.5 Å². The van der Waals surface area contributed by atoms with E-state index in [2.05, 4.69) is 12.1 Å². The van der Waals surface area contributed by atoms with E-state index in [-0.39, 0.29) is 5.78 Å². The maximum atomic E-state index is 11.5. The van der Waals surface area contributed by atoms with Gasteiger partial charge < -0.3 is 0 Å². The van der Waals surface area contributed by atoms with Crippen LogP contribution in [0.25, 0.3) is 0 Å². The van der Waals surface area contributed by atoms with Crippen LogP contribution in [-0.2, 0) is 4.79 Å². The summed E-state index contributed by atoms with van der Waals surface area (Å²) in [6, 6.07) is 10.3. The largest absolute Gasteiger partial charge is 0.295 e. The van der Waals surface area contributed by atoms with Gasteiger partial charge in [-0.05, 0) is 49.6 Å². The zero-order valence-electron chi connectivity index (χ0n) is 9.53. The molecule has 0 saturated carbocycles. The highest BCUT2D eigenvalue weighted by Gasteiger charge is 2.16. The number of carbonyl (C=O) groups excluding carboxylic acids is 1. The highest BCUT2D eigenvalue weighted by atomic mass is 32.2. The Balaban J connectivity index is 2.21. The lowest BCUT2D eigenvalue weighted by Gasteiger charge is -2.17. The van der Waals surface area contributed by atoms with E-state index in [4.69, 9.17) is 0 Å². The van der Waals surface area contributed by atoms with Crippen LogP contribution < -0.4 is 0 Å². The number of Topliss-reactive ketones (excluding diaryl/α,β-unsaturated/α-hetero) is 1. The molecule has 1 aromatic carbocycles. The zero-order valence-corrected chi connectivity index (χ0v) is 10.3. The minimum absolute atomic E-state index is 0.248. The van der Waals surface area contributed by atoms with E-state index in [1.165, 1.54) is 16.2 Å². The normalized spacial score (nSPS) is 16.3. The molecule has 0 amide bonds. The minimum Gasteiger partial charge on any atom is -0.295 e. The predicted octanol–water partition coefficient (Wildman–Crippen LogP) is 4.20. The molecular weight excluding hydrogens is 216 g/mol. The molecule has 0 spiro atoms. The SMILES string of the molecule is CC(=O)C1=C(Sc2ccccc2)CCCC1. The maximum absolute atomic E-state index is 11.5. The van der Waals surface area contributed by atoms with E-state index >= 15 is 0 Å². The first-order chi connectivity index (χ1) is 7.77. The van der Waals surface area contributed by atoms with Crippen molar-refractivity contribution in [2.45, 2.75) is 37.5 Å². The summed E-state index contributed by atoms with van der Waals surface area (Å²) in [5.41, 5.74) is 1.06. The fourth-order valence-corrected chi connectivity index (χ4v) is 3.19. The summed E-state index contributed by atoms with van der Waals surface area (Å²) in [5, 5.41) is 0. The lowest BCUT2D eigenvalue weighted by Crippen LogP contribution is -2.05. The van der Waals surface area contributed by atoms with E-state index < -0.39 is 0 Å². The minimum atomic E-state index is 0.248. The Morgan fingerprint density at radius 1 is 1.12 bits per heavy atom. The van der Waals surface area contributed by atoms with Crippen LogP contribution in [0.15, 0.2) is 45.7 Å². The van der Waals surface area contributed by atoms with Gasteiger partial charge in [-0.3, -0.25) is 4.79 Å². The maximum Gasteiger partial charge on any atom is 0.156 e. The van der Waals surface area contributed by atoms with Crippen molar-refractivity contribution >= 4 is 17.5 Å². The van der Waals surface area contributed by atoms with E-state index in [1.807, 2.05) is 18.2 Å². The van der Waals surface area contributed by atoms with Crippen LogP contribution in [0.2, 0.25) is 0 Å². The van der Waals surface area contributed by atoms with E-state index in [0.717, 1.165) is 24.8 Å². The van der Waals surface area contributed by atoms with Crippen molar-refractivity contribution in [3.05, 3.63) is 40.8 Å². The Morgan fingerprint density at radius 2 is 1.81 bits per heavy atom. The number of carbonyl (C=O) groups is 1. The molecule has 0 aliphatic heterocycles. The molecule has 0 N–H and O–H groups in total. The van der Waals surface area contributed by atoms with E-state index in [1.54, 1.807) is 18.7 Å². The second kappa shape index (κ2) is 5.35. The molecule has 1 aromatic rings. The van der Waals surface area contributed by atoms with E-state index in [0.29, 0.717) is 0 Å². The average Bonchev–Trinajstić information content (AvgIpc) is 2.31. The lowest BCUT2D eigenvalue weighted by molar-refractivity contribution is -0.113. The number of ketones is 1. The highest BCUT2D eigenvalue weighted by Crippen LogP contribution is 2.37. The molecule has 0 atom stereocenters. The molecule has 16 heavy (non-hydrogen) atoms. The highest BCUT2D eigenvalue weighted by molar-refractivity contribution is 8.03. The van der Waals surface area contributed by atoms with Gasteiger partial charge >= 0.3 is 0 Å². The Morgan fingerprint density at radius 3 is 2.50 bits per heavy atom. The Kier molecular flexibility index (Phi) is 3.83. The van der Waals surface area contributed by atoms with Gasteiger partial charge in [0.15, 0.2) is 5.78 Å². The average molecular weight is 232 g/mol. The number of rotatable bonds is 3. The van der Waals surface area contributed by atoms with Gasteiger partial charge in [0.2, 0.25) is 0 Å². The number of benzene rings is 1. The van der Waals surface area contributed by atoms with Gasteiger partial charge in [0.25, 0.3) is 0 Å². The summed E-state index contributed by atoms with van der Waals surface area (Å²) in [6.07, 6.45) is 4.40. The predicted molar refractivity (Wildman–Crippen MR) is 68.5 cm³/mol. The molecule has 1 aliphatic carbocycles. The molecule has 0 radical (unpaired) electrons. The molecule has 0 fully saturated rings. The standard InChI is InChI=1S/C14H16OS/c1-11(15)13-9-5-6-10-14(13)16-12-7-3-2-4-8-12/h2-4,7-8H,5-6,9-10H2,1H3. The third-order valence-corrected chi connectivity index (χ3v) is 4.03. The third kappa shape index (κ3) is 2.76. The summed E-state index contributed by atoms with van der Waals surface area (Å²) < 4.78 is 0. The molecule has 1 aliphatic rings. The fourth-order valence-electron chi connectivity index (χ4n) is 1.99. The summed E-state index contributed by atoms with van der Waals surface area (Å²) in [7, 11) is 0. The molecule has 84 valence electrons. The second-order valence-electron chi connectivity index (χ2n) is 4.08. The van der Waals surface area contributed by atoms with Crippen molar-refractivity contribution in [2.24, 2.45) is 0 Å². The van der Waals surface area contributed by atoms with Crippen molar-refractivity contribution in [3.63, 3.8) is 0 Å². The zero-order chi connectivity index (χ0) is 11.4. The molecule has 2 rings (SSSR count). The fraction of sp³-hybridized carbons (Fsp3) is 0.357. The van der Waals surface area contributed by atoms with Crippen LogP contribution in [0, 0.1) is 0 Å². The molecule has 0 aromatic heterocycles. The van der Waals surface area contributed by atoms with Gasteiger partial charge in [0.1, 0.15) is 0 Å². The van der Waals surface area contributed by atoms with Crippen LogP contribution >= 0.6 is 11.8 Å². The van der Waals surface area contributed by atoms with Crippen LogP contribution in [0.4, 0.5) is 0 Å². The monoisotopic (exact) mass is 232 g/mol. The van der Waals surface area contributed by atoms with E-state index in [9.17, 15) is 4.79 Å². The summed E-state index contributed by atoms with van der Waals surface area (Å²) in [6.45, 7) is 1.69. The summed E-state index contributed by atoms with van der Waals surface area (Å²) >= 11 is 1.76. The lowest BCUT2D eigenvalue weighted by atomic mass is 9.97. The third-order valence-electron chi connectivity index (χ3n) is 2.83. The van der Waals surface area contributed by atoms with Gasteiger partial charge in [-0.1, -0.05) is 30.0 Å². The van der Waals surface area contributed by atoms with Crippen molar-refractivity contribution in [3.8, 4) is 0 Å². The number of hydrogen-bond donors (Lipinski definition) is 0.